The van der Waals surface area contributed by atoms with Crippen molar-refractivity contribution in [1.29, 1.82) is 5.26 Å². The number of H-pyrrole nitrogens is 1. The lowest BCUT2D eigenvalue weighted by Gasteiger charge is -2.24. The smallest absolute Gasteiger partial charge is 0.244 e. The Hall–Kier alpha value is -2.94. The fourth-order valence-electron chi connectivity index (χ4n) is 2.71. The number of methoxy groups -OCH3 is 1. The van der Waals surface area contributed by atoms with Crippen molar-refractivity contribution in [3.8, 4) is 17.7 Å². The van der Waals surface area contributed by atoms with E-state index in [1.807, 2.05) is 31.2 Å². The molecule has 3 N–H and O–H groups in total. The Morgan fingerprint density at radius 1 is 1.41 bits per heavy atom. The molecule has 0 spiro atoms. The van der Waals surface area contributed by atoms with Gasteiger partial charge in [-0.25, -0.2) is 0 Å². The van der Waals surface area contributed by atoms with E-state index in [2.05, 4.69) is 16.3 Å². The third-order valence-electron chi connectivity index (χ3n) is 3.82. The van der Waals surface area contributed by atoms with Crippen molar-refractivity contribution in [2.45, 2.75) is 19.3 Å². The summed E-state index contributed by atoms with van der Waals surface area (Å²) in [5.74, 6) is 1.02. The van der Waals surface area contributed by atoms with Crippen molar-refractivity contribution in [2.75, 3.05) is 7.11 Å². The molecule has 0 fully saturated rings. The van der Waals surface area contributed by atoms with Crippen molar-refractivity contribution >= 4 is 0 Å². The molecule has 22 heavy (non-hydrogen) atoms. The van der Waals surface area contributed by atoms with Gasteiger partial charge in [-0.05, 0) is 24.1 Å². The van der Waals surface area contributed by atoms with E-state index in [0.29, 0.717) is 11.5 Å². The predicted molar refractivity (Wildman–Crippen MR) is 80.3 cm³/mol. The maximum absolute atomic E-state index is 9.50. The number of rotatable bonds is 3. The van der Waals surface area contributed by atoms with Crippen molar-refractivity contribution in [1.82, 2.24) is 10.2 Å². The van der Waals surface area contributed by atoms with Gasteiger partial charge in [0.25, 0.3) is 0 Å². The van der Waals surface area contributed by atoms with Gasteiger partial charge in [-0.2, -0.15) is 5.26 Å². The van der Waals surface area contributed by atoms with Crippen molar-refractivity contribution in [3.63, 3.8) is 0 Å². The number of ether oxygens (including phenoxy) is 2. The second-order valence-electron chi connectivity index (χ2n) is 4.97. The van der Waals surface area contributed by atoms with Crippen LogP contribution in [0.3, 0.4) is 0 Å². The highest BCUT2D eigenvalue weighted by molar-refractivity contribution is 5.55. The minimum absolute atomic E-state index is 0.102. The molecule has 6 heteroatoms. The third kappa shape index (κ3) is 2.07. The monoisotopic (exact) mass is 296 g/mol. The van der Waals surface area contributed by atoms with Crippen LogP contribution >= 0.6 is 0 Å². The molecule has 0 radical (unpaired) electrons. The second kappa shape index (κ2) is 5.45. The average Bonchev–Trinajstić information content (AvgIpc) is 2.96. The largest absolute Gasteiger partial charge is 0.497 e. The van der Waals surface area contributed by atoms with Crippen LogP contribution in [0.25, 0.3) is 0 Å². The summed E-state index contributed by atoms with van der Waals surface area (Å²) in [6.07, 6.45) is 0.761. The first-order valence-corrected chi connectivity index (χ1v) is 6.98. The van der Waals surface area contributed by atoms with Gasteiger partial charge < -0.3 is 15.2 Å². The summed E-state index contributed by atoms with van der Waals surface area (Å²) in [5, 5.41) is 16.6. The molecule has 0 aliphatic carbocycles. The van der Waals surface area contributed by atoms with Gasteiger partial charge >= 0.3 is 0 Å². The molecule has 1 aromatic carbocycles. The van der Waals surface area contributed by atoms with Gasteiger partial charge in [0, 0.05) is 11.3 Å². The number of aromatic nitrogens is 2. The van der Waals surface area contributed by atoms with Crippen molar-refractivity contribution in [2.24, 2.45) is 5.73 Å². The Morgan fingerprint density at radius 2 is 2.14 bits per heavy atom. The maximum atomic E-state index is 9.50. The molecule has 1 atom stereocenters. The van der Waals surface area contributed by atoms with E-state index in [1.54, 1.807) is 7.11 Å². The van der Waals surface area contributed by atoms with Gasteiger partial charge in [0.15, 0.2) is 0 Å². The number of benzene rings is 1. The highest BCUT2D eigenvalue weighted by Gasteiger charge is 2.34. The fourth-order valence-corrected chi connectivity index (χ4v) is 2.71. The number of nitrogens with two attached hydrogens (primary N) is 1. The molecule has 3 rings (SSSR count). The molecule has 112 valence electrons. The van der Waals surface area contributed by atoms with Crippen LogP contribution in [0.15, 0.2) is 35.7 Å². The van der Waals surface area contributed by atoms with E-state index >= 15 is 0 Å². The summed E-state index contributed by atoms with van der Waals surface area (Å²) in [5.41, 5.74) is 9.05. The number of allylic oxidation sites excluding steroid dienone is 1. The van der Waals surface area contributed by atoms with Crippen molar-refractivity contribution < 1.29 is 9.47 Å². The topological polar surface area (TPSA) is 97.0 Å². The number of hydrogen-bond acceptors (Lipinski definition) is 5. The highest BCUT2D eigenvalue weighted by Crippen LogP contribution is 2.43. The average molecular weight is 296 g/mol. The van der Waals surface area contributed by atoms with Crippen LogP contribution < -0.4 is 15.2 Å². The van der Waals surface area contributed by atoms with Crippen LogP contribution in [0.4, 0.5) is 0 Å². The minimum atomic E-state index is -0.284. The highest BCUT2D eigenvalue weighted by atomic mass is 16.5. The molecule has 2 heterocycles. The van der Waals surface area contributed by atoms with Gasteiger partial charge in [-0.15, -0.1) is 5.10 Å². The van der Waals surface area contributed by atoms with Crippen LogP contribution in [-0.2, 0) is 6.42 Å². The Bertz CT molecular complexity index is 768. The van der Waals surface area contributed by atoms with Gasteiger partial charge in [-0.1, -0.05) is 19.1 Å². The molecule has 0 saturated heterocycles. The SMILES string of the molecule is CCc1[nH]nc2c1C(c1ccc(OC)cc1)C(C#N)=C(N)O2. The van der Waals surface area contributed by atoms with Crippen LogP contribution in [0.5, 0.6) is 11.6 Å². The number of nitrogens with one attached hydrogen (secondary N) is 1. The maximum Gasteiger partial charge on any atom is 0.244 e. The van der Waals surface area contributed by atoms with Crippen LogP contribution in [0, 0.1) is 11.3 Å². The third-order valence-corrected chi connectivity index (χ3v) is 3.82. The quantitative estimate of drug-likeness (QED) is 0.905. The molecule has 0 saturated carbocycles. The molecule has 0 bridgehead atoms. The van der Waals surface area contributed by atoms with E-state index in [4.69, 9.17) is 15.2 Å². The van der Waals surface area contributed by atoms with E-state index in [-0.39, 0.29) is 11.8 Å². The zero-order valence-corrected chi connectivity index (χ0v) is 12.4. The second-order valence-corrected chi connectivity index (χ2v) is 4.97. The van der Waals surface area contributed by atoms with Gasteiger partial charge in [-0.3, -0.25) is 5.10 Å². The standard InChI is InChI=1S/C16H16N4O2/c1-3-12-14-13(9-4-6-10(21-2)7-5-9)11(8-17)15(18)22-16(14)20-19-12/h4-7,13H,3,18H2,1-2H3,(H,19,20). The molecule has 1 aliphatic heterocycles. The van der Waals surface area contributed by atoms with E-state index in [0.717, 1.165) is 29.0 Å². The first-order valence-electron chi connectivity index (χ1n) is 6.98. The summed E-state index contributed by atoms with van der Waals surface area (Å²) in [4.78, 5) is 0. The molecular formula is C16H16N4O2. The van der Waals surface area contributed by atoms with E-state index < -0.39 is 0 Å². The van der Waals surface area contributed by atoms with E-state index in [1.165, 1.54) is 0 Å². The summed E-state index contributed by atoms with van der Waals surface area (Å²) in [6.45, 7) is 2.02. The molecule has 2 aromatic rings. The van der Waals surface area contributed by atoms with Crippen molar-refractivity contribution in [3.05, 3.63) is 52.5 Å². The summed E-state index contributed by atoms with van der Waals surface area (Å²) in [6, 6.07) is 9.75. The molecular weight excluding hydrogens is 280 g/mol. The number of hydrogen-bond donors (Lipinski definition) is 2. The molecule has 1 aromatic heterocycles. The summed E-state index contributed by atoms with van der Waals surface area (Å²) in [7, 11) is 1.62. The van der Waals surface area contributed by atoms with Gasteiger partial charge in [0.1, 0.15) is 17.4 Å². The summed E-state index contributed by atoms with van der Waals surface area (Å²) >= 11 is 0. The number of fused-ring (bicyclic) bond motifs is 1. The Kier molecular flexibility index (Phi) is 3.47. The van der Waals surface area contributed by atoms with Gasteiger partial charge in [0.2, 0.25) is 11.8 Å². The first-order chi connectivity index (χ1) is 10.7. The zero-order chi connectivity index (χ0) is 15.7. The molecule has 6 nitrogen and oxygen atoms in total. The Labute approximate surface area is 128 Å². The number of aromatic amines is 1. The predicted octanol–water partition coefficient (Wildman–Crippen LogP) is 2.20. The van der Waals surface area contributed by atoms with Gasteiger partial charge in [0.05, 0.1) is 13.0 Å². The number of aryl methyl sites for hydroxylation is 1. The van der Waals surface area contributed by atoms with Crippen LogP contribution in [0.2, 0.25) is 0 Å². The lowest BCUT2D eigenvalue weighted by Crippen LogP contribution is -2.21. The Morgan fingerprint density at radius 3 is 2.73 bits per heavy atom. The first kappa shape index (κ1) is 14.0. The van der Waals surface area contributed by atoms with Crippen LogP contribution in [0.1, 0.15) is 29.7 Å². The zero-order valence-electron chi connectivity index (χ0n) is 12.4. The molecule has 1 unspecified atom stereocenters. The fraction of sp³-hybridized carbons (Fsp3) is 0.250. The lowest BCUT2D eigenvalue weighted by atomic mass is 9.83. The summed E-state index contributed by atoms with van der Waals surface area (Å²) < 4.78 is 10.7. The number of nitrogens with zero attached hydrogens (tertiary/aromatic N) is 2. The minimum Gasteiger partial charge on any atom is -0.497 e. The van der Waals surface area contributed by atoms with Crippen LogP contribution in [-0.4, -0.2) is 17.3 Å². The lowest BCUT2D eigenvalue weighted by molar-refractivity contribution is 0.378. The number of nitriles is 1. The molecule has 0 amide bonds. The van der Waals surface area contributed by atoms with E-state index in [9.17, 15) is 5.26 Å². The Balaban J connectivity index is 2.17. The molecule has 1 aliphatic rings. The normalized spacial score (nSPS) is 16.7.